The fourth-order valence-electron chi connectivity index (χ4n) is 1.65. The van der Waals surface area contributed by atoms with Crippen molar-refractivity contribution < 1.29 is 19.2 Å². The molecule has 1 aliphatic rings. The van der Waals surface area contributed by atoms with Crippen LogP contribution in [0.4, 0.5) is 0 Å². The van der Waals surface area contributed by atoms with Crippen molar-refractivity contribution >= 4 is 11.7 Å². The van der Waals surface area contributed by atoms with Gasteiger partial charge >= 0.3 is 0 Å². The number of Topliss-reactive ketones (excluding diaryl/α,β-unsaturated/α-hetero) is 1. The zero-order chi connectivity index (χ0) is 12.3. The maximum absolute atomic E-state index is 11.8. The van der Waals surface area contributed by atoms with Gasteiger partial charge in [-0.15, -0.1) is 0 Å². The Morgan fingerprint density at radius 1 is 1.47 bits per heavy atom. The summed E-state index contributed by atoms with van der Waals surface area (Å²) in [7, 11) is 1.57. The maximum atomic E-state index is 11.8. The van der Waals surface area contributed by atoms with E-state index in [1.165, 1.54) is 0 Å². The highest BCUT2D eigenvalue weighted by Crippen LogP contribution is 2.16. The monoisotopic (exact) mass is 235 g/mol. The smallest absolute Gasteiger partial charge is 0.246 e. The molecule has 0 radical (unpaired) electrons. The van der Waals surface area contributed by atoms with Crippen LogP contribution < -0.4 is 10.2 Å². The summed E-state index contributed by atoms with van der Waals surface area (Å²) in [6.45, 7) is 0. The van der Waals surface area contributed by atoms with Gasteiger partial charge in [0.15, 0.2) is 5.78 Å². The first-order valence-electron chi connectivity index (χ1n) is 5.31. The van der Waals surface area contributed by atoms with Crippen molar-refractivity contribution in [2.45, 2.75) is 18.9 Å². The van der Waals surface area contributed by atoms with Gasteiger partial charge in [0.05, 0.1) is 13.5 Å². The second kappa shape index (κ2) is 4.97. The highest BCUT2D eigenvalue weighted by molar-refractivity contribution is 5.96. The quantitative estimate of drug-likeness (QED) is 0.793. The number of methoxy groups -OCH3 is 1. The number of benzene rings is 1. The van der Waals surface area contributed by atoms with Crippen LogP contribution >= 0.6 is 0 Å². The van der Waals surface area contributed by atoms with E-state index in [0.717, 1.165) is 0 Å². The number of carbonyl (C=O) groups is 2. The van der Waals surface area contributed by atoms with E-state index in [9.17, 15) is 9.59 Å². The molecule has 5 heteroatoms. The molecule has 0 bridgehead atoms. The highest BCUT2D eigenvalue weighted by atomic mass is 16.7. The number of carbonyl (C=O) groups excluding carboxylic acids is 2. The molecule has 1 saturated heterocycles. The molecule has 17 heavy (non-hydrogen) atoms. The number of amides is 1. The maximum Gasteiger partial charge on any atom is 0.246 e. The van der Waals surface area contributed by atoms with Crippen molar-refractivity contribution in [1.82, 2.24) is 5.48 Å². The van der Waals surface area contributed by atoms with Gasteiger partial charge in [-0.3, -0.25) is 14.4 Å². The standard InChI is InChI=1S/C12H13NO4/c1-16-9-4-2-8(3-5-9)11(14)6-10-7-12(15)13-17-10/h2-5,10H,6-7H2,1H3,(H,13,15). The molecule has 0 spiro atoms. The molecule has 90 valence electrons. The molecule has 1 aliphatic heterocycles. The van der Waals surface area contributed by atoms with E-state index in [-0.39, 0.29) is 30.6 Å². The van der Waals surface area contributed by atoms with Crippen LogP contribution in [0.1, 0.15) is 23.2 Å². The predicted molar refractivity (Wildman–Crippen MR) is 59.6 cm³/mol. The number of ketones is 1. The Balaban J connectivity index is 1.97. The Kier molecular flexibility index (Phi) is 3.39. The fourth-order valence-corrected chi connectivity index (χ4v) is 1.65. The summed E-state index contributed by atoms with van der Waals surface area (Å²) in [5.41, 5.74) is 2.82. The molecule has 0 aromatic heterocycles. The van der Waals surface area contributed by atoms with Crippen LogP contribution in [0.5, 0.6) is 5.75 Å². The van der Waals surface area contributed by atoms with Crippen molar-refractivity contribution in [2.24, 2.45) is 0 Å². The van der Waals surface area contributed by atoms with E-state index in [2.05, 4.69) is 5.48 Å². The largest absolute Gasteiger partial charge is 0.497 e. The van der Waals surface area contributed by atoms with Crippen LogP contribution in [-0.4, -0.2) is 24.9 Å². The zero-order valence-corrected chi connectivity index (χ0v) is 9.43. The third-order valence-electron chi connectivity index (χ3n) is 2.58. The lowest BCUT2D eigenvalue weighted by atomic mass is 10.0. The minimum absolute atomic E-state index is 0.0471. The van der Waals surface area contributed by atoms with Gasteiger partial charge in [0.25, 0.3) is 0 Å². The van der Waals surface area contributed by atoms with Crippen molar-refractivity contribution in [2.75, 3.05) is 7.11 Å². The molecule has 1 aromatic rings. The average Bonchev–Trinajstić information content (AvgIpc) is 2.75. The first kappa shape index (κ1) is 11.6. The summed E-state index contributed by atoms with van der Waals surface area (Å²) in [5.74, 6) is 0.474. The van der Waals surface area contributed by atoms with Gasteiger partial charge in [-0.05, 0) is 24.3 Å². The molecule has 1 atom stereocenters. The van der Waals surface area contributed by atoms with Crippen LogP contribution in [0.25, 0.3) is 0 Å². The second-order valence-electron chi connectivity index (χ2n) is 3.83. The van der Waals surface area contributed by atoms with Crippen molar-refractivity contribution in [3.63, 3.8) is 0 Å². The van der Waals surface area contributed by atoms with Gasteiger partial charge in [0.2, 0.25) is 5.91 Å². The molecular formula is C12H13NO4. The molecule has 1 N–H and O–H groups in total. The number of rotatable bonds is 4. The number of hydrogen-bond donors (Lipinski definition) is 1. The van der Waals surface area contributed by atoms with Gasteiger partial charge in [-0.2, -0.15) is 0 Å². The van der Waals surface area contributed by atoms with E-state index in [1.54, 1.807) is 31.4 Å². The molecule has 0 saturated carbocycles. The van der Waals surface area contributed by atoms with Crippen LogP contribution in [0, 0.1) is 0 Å². The van der Waals surface area contributed by atoms with Crippen LogP contribution in [0.2, 0.25) is 0 Å². The number of hydrogen-bond acceptors (Lipinski definition) is 4. The Hall–Kier alpha value is -1.88. The van der Waals surface area contributed by atoms with Gasteiger partial charge in [0.1, 0.15) is 11.9 Å². The molecule has 1 aromatic carbocycles. The zero-order valence-electron chi connectivity index (χ0n) is 9.43. The summed E-state index contributed by atoms with van der Waals surface area (Å²) < 4.78 is 5.01. The molecule has 5 nitrogen and oxygen atoms in total. The average molecular weight is 235 g/mol. The lowest BCUT2D eigenvalue weighted by Gasteiger charge is -2.06. The number of ether oxygens (including phenoxy) is 1. The van der Waals surface area contributed by atoms with E-state index >= 15 is 0 Å². The van der Waals surface area contributed by atoms with Gasteiger partial charge in [-0.1, -0.05) is 0 Å². The number of nitrogens with one attached hydrogen (secondary N) is 1. The predicted octanol–water partition coefficient (Wildman–Crippen LogP) is 1.09. The van der Waals surface area contributed by atoms with Crippen LogP contribution in [0.3, 0.4) is 0 Å². The summed E-state index contributed by atoms with van der Waals surface area (Å²) >= 11 is 0. The topological polar surface area (TPSA) is 64.6 Å². The Labute approximate surface area is 98.7 Å². The van der Waals surface area contributed by atoms with Crippen LogP contribution in [0.15, 0.2) is 24.3 Å². The molecule has 1 fully saturated rings. The first-order valence-corrected chi connectivity index (χ1v) is 5.31. The number of hydroxylamine groups is 1. The molecular weight excluding hydrogens is 222 g/mol. The summed E-state index contributed by atoms with van der Waals surface area (Å²) in [6.07, 6.45) is 0.0737. The lowest BCUT2D eigenvalue weighted by molar-refractivity contribution is -0.124. The first-order chi connectivity index (χ1) is 8.19. The Morgan fingerprint density at radius 2 is 2.18 bits per heavy atom. The van der Waals surface area contributed by atoms with Crippen molar-refractivity contribution in [3.8, 4) is 5.75 Å². The van der Waals surface area contributed by atoms with E-state index in [1.807, 2.05) is 0 Å². The summed E-state index contributed by atoms with van der Waals surface area (Å²) in [6, 6.07) is 6.86. The second-order valence-corrected chi connectivity index (χ2v) is 3.83. The minimum atomic E-state index is -0.364. The SMILES string of the molecule is COc1ccc(C(=O)CC2CC(=O)NO2)cc1. The van der Waals surface area contributed by atoms with Gasteiger partial charge in [0, 0.05) is 12.0 Å². The highest BCUT2D eigenvalue weighted by Gasteiger charge is 2.25. The molecule has 1 amide bonds. The van der Waals surface area contributed by atoms with E-state index < -0.39 is 0 Å². The molecule has 1 unspecified atom stereocenters. The van der Waals surface area contributed by atoms with Crippen molar-refractivity contribution in [1.29, 1.82) is 0 Å². The molecule has 1 heterocycles. The lowest BCUT2D eigenvalue weighted by Crippen LogP contribution is -2.15. The van der Waals surface area contributed by atoms with Gasteiger partial charge in [-0.25, -0.2) is 5.48 Å². The molecule has 2 rings (SSSR count). The normalized spacial score (nSPS) is 18.9. The summed E-state index contributed by atoms with van der Waals surface area (Å²) in [5, 5.41) is 0. The van der Waals surface area contributed by atoms with Crippen LogP contribution in [-0.2, 0) is 9.63 Å². The third-order valence-corrected chi connectivity index (χ3v) is 2.58. The Morgan fingerprint density at radius 3 is 2.71 bits per heavy atom. The Bertz CT molecular complexity index is 427. The molecule has 0 aliphatic carbocycles. The van der Waals surface area contributed by atoms with E-state index in [0.29, 0.717) is 11.3 Å². The fraction of sp³-hybridized carbons (Fsp3) is 0.333. The van der Waals surface area contributed by atoms with Crippen molar-refractivity contribution in [3.05, 3.63) is 29.8 Å². The third kappa shape index (κ3) is 2.82. The minimum Gasteiger partial charge on any atom is -0.497 e. The van der Waals surface area contributed by atoms with Gasteiger partial charge < -0.3 is 4.74 Å². The van der Waals surface area contributed by atoms with E-state index in [4.69, 9.17) is 9.57 Å². The summed E-state index contributed by atoms with van der Waals surface area (Å²) in [4.78, 5) is 27.7.